The van der Waals surface area contributed by atoms with E-state index in [1.165, 1.54) is 11.3 Å². The van der Waals surface area contributed by atoms with Gasteiger partial charge in [0.05, 0.1) is 13.0 Å². The molecular formula is C13H22N2O3S. The van der Waals surface area contributed by atoms with Gasteiger partial charge in [-0.1, -0.05) is 25.2 Å². The lowest BCUT2D eigenvalue weighted by Crippen LogP contribution is -2.22. The fourth-order valence-electron chi connectivity index (χ4n) is 1.80. The Morgan fingerprint density at radius 3 is 2.74 bits per heavy atom. The first-order valence-corrected chi connectivity index (χ1v) is 7.31. The molecule has 0 saturated heterocycles. The predicted molar refractivity (Wildman–Crippen MR) is 76.6 cm³/mol. The molecule has 1 aromatic heterocycles. The zero-order valence-electron chi connectivity index (χ0n) is 12.0. The minimum Gasteiger partial charge on any atom is -0.466 e. The smallest absolute Gasteiger partial charge is 0.307 e. The number of carbonyl (C=O) groups excluding carboxylic acids is 1. The third-order valence-electron chi connectivity index (χ3n) is 2.75. The normalized spacial score (nSPS) is 11.3. The minimum absolute atomic E-state index is 0.0162. The molecule has 0 fully saturated rings. The molecule has 0 bridgehead atoms. The highest BCUT2D eigenvalue weighted by atomic mass is 32.1. The Bertz CT molecular complexity index is 465. The Balaban J connectivity index is 2.55. The second-order valence-corrected chi connectivity index (χ2v) is 5.87. The maximum atomic E-state index is 11.4. The molecule has 1 aromatic rings. The Morgan fingerprint density at radius 2 is 2.16 bits per heavy atom. The van der Waals surface area contributed by atoms with E-state index in [2.05, 4.69) is 18.8 Å². The van der Waals surface area contributed by atoms with Gasteiger partial charge in [0.15, 0.2) is 0 Å². The van der Waals surface area contributed by atoms with Gasteiger partial charge in [0.25, 0.3) is 0 Å². The summed E-state index contributed by atoms with van der Waals surface area (Å²) in [6.45, 7) is 7.63. The molecule has 19 heavy (non-hydrogen) atoms. The van der Waals surface area contributed by atoms with Crippen LogP contribution >= 0.6 is 11.3 Å². The Morgan fingerprint density at radius 1 is 1.47 bits per heavy atom. The van der Waals surface area contributed by atoms with Crippen LogP contribution in [0.3, 0.4) is 0 Å². The number of rotatable bonds is 7. The molecule has 0 spiro atoms. The van der Waals surface area contributed by atoms with E-state index in [1.807, 2.05) is 11.9 Å². The molecule has 0 unspecified atom stereocenters. The summed E-state index contributed by atoms with van der Waals surface area (Å²) in [5, 5.41) is 0. The minimum atomic E-state index is -0.180. The average molecular weight is 286 g/mol. The van der Waals surface area contributed by atoms with Gasteiger partial charge in [-0.25, -0.2) is 0 Å². The van der Waals surface area contributed by atoms with Gasteiger partial charge in [0.1, 0.15) is 0 Å². The van der Waals surface area contributed by atoms with E-state index in [-0.39, 0.29) is 10.8 Å². The molecule has 1 rings (SSSR count). The van der Waals surface area contributed by atoms with Crippen LogP contribution in [0.1, 0.15) is 43.7 Å². The number of nitrogens with one attached hydrogen (secondary N) is 1. The maximum absolute atomic E-state index is 11.4. The molecule has 0 aliphatic heterocycles. The lowest BCUT2D eigenvalue weighted by atomic mass is 10.1. The summed E-state index contributed by atoms with van der Waals surface area (Å²) in [6.07, 6.45) is 0.376. The standard InChI is InChI=1S/C13H22N2O3S/c1-5-18-11(16)6-7-15(4)8-10-12(9(2)3)14-13(17)19-10/h9H,5-8H2,1-4H3,(H,14,17). The highest BCUT2D eigenvalue weighted by Crippen LogP contribution is 2.20. The number of H-pyrrole nitrogens is 1. The van der Waals surface area contributed by atoms with Crippen molar-refractivity contribution in [2.75, 3.05) is 20.2 Å². The number of hydrogen-bond donors (Lipinski definition) is 1. The van der Waals surface area contributed by atoms with Crippen LogP contribution < -0.4 is 4.87 Å². The molecule has 1 N–H and O–H groups in total. The molecular weight excluding hydrogens is 264 g/mol. The van der Waals surface area contributed by atoms with E-state index < -0.39 is 0 Å². The number of aromatic amines is 1. The molecule has 108 valence electrons. The van der Waals surface area contributed by atoms with Gasteiger partial charge in [-0.05, 0) is 19.9 Å². The van der Waals surface area contributed by atoms with Crippen molar-refractivity contribution in [3.05, 3.63) is 20.2 Å². The van der Waals surface area contributed by atoms with E-state index in [9.17, 15) is 9.59 Å². The van der Waals surface area contributed by atoms with Crippen LogP contribution in [0.2, 0.25) is 0 Å². The van der Waals surface area contributed by atoms with Gasteiger partial charge in [-0.15, -0.1) is 0 Å². The van der Waals surface area contributed by atoms with Gasteiger partial charge >= 0.3 is 10.8 Å². The zero-order valence-corrected chi connectivity index (χ0v) is 12.8. The fraction of sp³-hybridized carbons (Fsp3) is 0.692. The van der Waals surface area contributed by atoms with Crippen LogP contribution in [0.5, 0.6) is 0 Å². The summed E-state index contributed by atoms with van der Waals surface area (Å²) < 4.78 is 4.89. The number of nitrogens with zero attached hydrogens (tertiary/aromatic N) is 1. The first-order chi connectivity index (χ1) is 8.93. The predicted octanol–water partition coefficient (Wildman–Crippen LogP) is 1.94. The molecule has 5 nitrogen and oxygen atoms in total. The van der Waals surface area contributed by atoms with Crippen LogP contribution in [0.15, 0.2) is 4.79 Å². The quantitative estimate of drug-likeness (QED) is 0.778. The molecule has 0 aliphatic carbocycles. The van der Waals surface area contributed by atoms with E-state index >= 15 is 0 Å². The maximum Gasteiger partial charge on any atom is 0.307 e. The molecule has 0 amide bonds. The summed E-state index contributed by atoms with van der Waals surface area (Å²) >= 11 is 1.25. The highest BCUT2D eigenvalue weighted by Gasteiger charge is 2.14. The van der Waals surface area contributed by atoms with Gasteiger partial charge in [0, 0.05) is 23.7 Å². The first-order valence-electron chi connectivity index (χ1n) is 6.50. The number of ether oxygens (including phenoxy) is 1. The van der Waals surface area contributed by atoms with Crippen molar-refractivity contribution >= 4 is 17.3 Å². The topological polar surface area (TPSA) is 62.4 Å². The van der Waals surface area contributed by atoms with Gasteiger partial charge in [-0.2, -0.15) is 0 Å². The van der Waals surface area contributed by atoms with Gasteiger partial charge < -0.3 is 14.6 Å². The molecule has 0 radical (unpaired) electrons. The van der Waals surface area contributed by atoms with Crippen molar-refractivity contribution in [3.8, 4) is 0 Å². The summed E-state index contributed by atoms with van der Waals surface area (Å²) in [5.41, 5.74) is 0.998. The van der Waals surface area contributed by atoms with E-state index in [1.54, 1.807) is 6.92 Å². The Kier molecular flexibility index (Phi) is 6.24. The number of aromatic nitrogens is 1. The Hall–Kier alpha value is -1.14. The molecule has 0 aliphatic rings. The number of carbonyl (C=O) groups is 1. The highest BCUT2D eigenvalue weighted by molar-refractivity contribution is 7.09. The number of hydrogen-bond acceptors (Lipinski definition) is 5. The van der Waals surface area contributed by atoms with E-state index in [4.69, 9.17) is 4.74 Å². The second-order valence-electron chi connectivity index (χ2n) is 4.80. The summed E-state index contributed by atoms with van der Waals surface area (Å²) in [6, 6.07) is 0. The van der Waals surface area contributed by atoms with Gasteiger partial charge in [-0.3, -0.25) is 9.59 Å². The molecule has 1 heterocycles. The van der Waals surface area contributed by atoms with Crippen molar-refractivity contribution in [1.29, 1.82) is 0 Å². The average Bonchev–Trinajstić information content (AvgIpc) is 2.68. The van der Waals surface area contributed by atoms with Gasteiger partial charge in [0.2, 0.25) is 0 Å². The third kappa shape index (κ3) is 5.16. The van der Waals surface area contributed by atoms with Crippen molar-refractivity contribution < 1.29 is 9.53 Å². The van der Waals surface area contributed by atoms with Crippen LogP contribution in [0.4, 0.5) is 0 Å². The van der Waals surface area contributed by atoms with Crippen molar-refractivity contribution in [3.63, 3.8) is 0 Å². The SMILES string of the molecule is CCOC(=O)CCN(C)Cc1sc(=O)[nH]c1C(C)C. The molecule has 0 aromatic carbocycles. The second kappa shape index (κ2) is 7.45. The number of thiazole rings is 1. The van der Waals surface area contributed by atoms with Crippen LogP contribution in [0, 0.1) is 0 Å². The van der Waals surface area contributed by atoms with Crippen LogP contribution in [-0.2, 0) is 16.1 Å². The van der Waals surface area contributed by atoms with E-state index in [0.717, 1.165) is 10.6 Å². The molecule has 6 heteroatoms. The van der Waals surface area contributed by atoms with Crippen LogP contribution in [-0.4, -0.2) is 36.1 Å². The summed E-state index contributed by atoms with van der Waals surface area (Å²) in [5.74, 6) is 0.119. The summed E-state index contributed by atoms with van der Waals surface area (Å²) in [7, 11) is 1.94. The lowest BCUT2D eigenvalue weighted by Gasteiger charge is -2.16. The van der Waals surface area contributed by atoms with E-state index in [0.29, 0.717) is 32.0 Å². The fourth-order valence-corrected chi connectivity index (χ4v) is 2.86. The lowest BCUT2D eigenvalue weighted by molar-refractivity contribution is -0.143. The monoisotopic (exact) mass is 286 g/mol. The number of esters is 1. The van der Waals surface area contributed by atoms with Crippen molar-refractivity contribution in [1.82, 2.24) is 9.88 Å². The molecule has 0 atom stereocenters. The molecule has 0 saturated carbocycles. The zero-order chi connectivity index (χ0) is 14.4. The largest absolute Gasteiger partial charge is 0.466 e. The van der Waals surface area contributed by atoms with Crippen molar-refractivity contribution in [2.24, 2.45) is 0 Å². The Labute approximate surface area is 117 Å². The van der Waals surface area contributed by atoms with Crippen LogP contribution in [0.25, 0.3) is 0 Å². The third-order valence-corrected chi connectivity index (χ3v) is 3.63. The first kappa shape index (κ1) is 15.9. The summed E-state index contributed by atoms with van der Waals surface area (Å²) in [4.78, 5) is 28.6. The van der Waals surface area contributed by atoms with Crippen molar-refractivity contribution in [2.45, 2.75) is 39.7 Å².